The molecule has 3 aromatic heterocycles. The van der Waals surface area contributed by atoms with Crippen molar-refractivity contribution in [1.82, 2.24) is 25.1 Å². The standard InChI is InChI=1S/C21H22N6O/c28-21(18-7-10-24-25-14-18)27-11-3-4-17(15-27)12-16-6-9-23-20(13-16)26-19-5-1-2-8-22-19/h1-2,5-10,13-14,17H,3-4,11-12,15H2,(H,22,23,26). The van der Waals surface area contributed by atoms with Crippen molar-refractivity contribution in [3.05, 3.63) is 72.3 Å². The van der Waals surface area contributed by atoms with E-state index in [0.717, 1.165) is 44.0 Å². The second kappa shape index (κ2) is 8.56. The fourth-order valence-corrected chi connectivity index (χ4v) is 3.59. The summed E-state index contributed by atoms with van der Waals surface area (Å²) in [4.78, 5) is 23.3. The van der Waals surface area contributed by atoms with Gasteiger partial charge in [0.05, 0.1) is 18.0 Å². The summed E-state index contributed by atoms with van der Waals surface area (Å²) in [6, 6.07) is 11.5. The van der Waals surface area contributed by atoms with Crippen LogP contribution in [0, 0.1) is 5.92 Å². The second-order valence-electron chi connectivity index (χ2n) is 6.98. The molecule has 28 heavy (non-hydrogen) atoms. The molecule has 1 atom stereocenters. The zero-order valence-electron chi connectivity index (χ0n) is 15.5. The van der Waals surface area contributed by atoms with Crippen LogP contribution in [0.5, 0.6) is 0 Å². The quantitative estimate of drug-likeness (QED) is 0.739. The van der Waals surface area contributed by atoms with Crippen molar-refractivity contribution in [3.63, 3.8) is 0 Å². The topological polar surface area (TPSA) is 83.9 Å². The first-order chi connectivity index (χ1) is 13.8. The highest BCUT2D eigenvalue weighted by Crippen LogP contribution is 2.23. The van der Waals surface area contributed by atoms with Gasteiger partial charge in [-0.15, -0.1) is 0 Å². The van der Waals surface area contributed by atoms with Gasteiger partial charge in [-0.25, -0.2) is 9.97 Å². The number of rotatable bonds is 5. The second-order valence-corrected chi connectivity index (χ2v) is 6.98. The molecular weight excluding hydrogens is 352 g/mol. The van der Waals surface area contributed by atoms with Crippen LogP contribution in [0.25, 0.3) is 0 Å². The highest BCUT2D eigenvalue weighted by atomic mass is 16.2. The molecule has 1 amide bonds. The molecule has 0 radical (unpaired) electrons. The fourth-order valence-electron chi connectivity index (χ4n) is 3.59. The first-order valence-electron chi connectivity index (χ1n) is 9.47. The number of hydrogen-bond acceptors (Lipinski definition) is 6. The van der Waals surface area contributed by atoms with Gasteiger partial charge in [0.25, 0.3) is 5.91 Å². The van der Waals surface area contributed by atoms with Gasteiger partial charge in [-0.2, -0.15) is 10.2 Å². The fraction of sp³-hybridized carbons (Fsp3) is 0.286. The van der Waals surface area contributed by atoms with E-state index in [9.17, 15) is 4.79 Å². The number of hydrogen-bond donors (Lipinski definition) is 1. The minimum absolute atomic E-state index is 0.0341. The van der Waals surface area contributed by atoms with Crippen molar-refractivity contribution in [2.75, 3.05) is 18.4 Å². The van der Waals surface area contributed by atoms with E-state index in [1.807, 2.05) is 35.4 Å². The van der Waals surface area contributed by atoms with E-state index in [-0.39, 0.29) is 5.91 Å². The Kier molecular flexibility index (Phi) is 5.51. The Balaban J connectivity index is 1.40. The number of carbonyl (C=O) groups excluding carboxylic acids is 1. The zero-order valence-corrected chi connectivity index (χ0v) is 15.5. The molecule has 0 spiro atoms. The van der Waals surface area contributed by atoms with E-state index < -0.39 is 0 Å². The summed E-state index contributed by atoms with van der Waals surface area (Å²) in [5, 5.41) is 10.8. The van der Waals surface area contributed by atoms with Crippen molar-refractivity contribution in [2.45, 2.75) is 19.3 Å². The van der Waals surface area contributed by atoms with E-state index >= 15 is 0 Å². The van der Waals surface area contributed by atoms with Crippen molar-refractivity contribution >= 4 is 17.5 Å². The number of likely N-dealkylation sites (tertiary alicyclic amines) is 1. The first kappa shape index (κ1) is 18.0. The van der Waals surface area contributed by atoms with E-state index in [4.69, 9.17) is 0 Å². The number of anilines is 2. The van der Waals surface area contributed by atoms with E-state index in [2.05, 4.69) is 31.5 Å². The van der Waals surface area contributed by atoms with Crippen molar-refractivity contribution in [3.8, 4) is 0 Å². The van der Waals surface area contributed by atoms with Crippen molar-refractivity contribution < 1.29 is 4.79 Å². The molecule has 7 nitrogen and oxygen atoms in total. The average Bonchev–Trinajstić information content (AvgIpc) is 2.75. The van der Waals surface area contributed by atoms with Gasteiger partial charge < -0.3 is 10.2 Å². The predicted molar refractivity (Wildman–Crippen MR) is 106 cm³/mol. The van der Waals surface area contributed by atoms with Gasteiger partial charge >= 0.3 is 0 Å². The summed E-state index contributed by atoms with van der Waals surface area (Å²) >= 11 is 0. The average molecular weight is 374 g/mol. The molecule has 1 aliphatic heterocycles. The smallest absolute Gasteiger partial charge is 0.255 e. The molecule has 142 valence electrons. The zero-order chi connectivity index (χ0) is 19.2. The van der Waals surface area contributed by atoms with E-state index in [1.54, 1.807) is 18.5 Å². The summed E-state index contributed by atoms with van der Waals surface area (Å²) < 4.78 is 0. The highest BCUT2D eigenvalue weighted by Gasteiger charge is 2.25. The number of amides is 1. The number of pyridine rings is 2. The number of nitrogens with one attached hydrogen (secondary N) is 1. The van der Waals surface area contributed by atoms with Gasteiger partial charge in [0.1, 0.15) is 11.6 Å². The van der Waals surface area contributed by atoms with Crippen molar-refractivity contribution in [2.24, 2.45) is 5.92 Å². The molecule has 1 unspecified atom stereocenters. The van der Waals surface area contributed by atoms with Crippen LogP contribution in [-0.4, -0.2) is 44.1 Å². The third kappa shape index (κ3) is 4.49. The molecule has 3 aromatic rings. The number of aromatic nitrogens is 4. The highest BCUT2D eigenvalue weighted by molar-refractivity contribution is 5.93. The summed E-state index contributed by atoms with van der Waals surface area (Å²) in [5.74, 6) is 2.01. The molecule has 0 aliphatic carbocycles. The Morgan fingerprint density at radius 3 is 2.82 bits per heavy atom. The van der Waals surface area contributed by atoms with Crippen LogP contribution in [-0.2, 0) is 6.42 Å². The molecule has 0 aromatic carbocycles. The van der Waals surface area contributed by atoms with Gasteiger partial charge in [0, 0.05) is 25.5 Å². The van der Waals surface area contributed by atoms with Crippen LogP contribution < -0.4 is 5.32 Å². The van der Waals surface area contributed by atoms with Crippen LogP contribution in [0.2, 0.25) is 0 Å². The lowest BCUT2D eigenvalue weighted by Crippen LogP contribution is -2.40. The Labute approximate surface area is 163 Å². The Morgan fingerprint density at radius 2 is 2.00 bits per heavy atom. The third-order valence-electron chi connectivity index (χ3n) is 4.91. The van der Waals surface area contributed by atoms with Crippen LogP contribution >= 0.6 is 0 Å². The molecule has 7 heteroatoms. The van der Waals surface area contributed by atoms with Crippen LogP contribution in [0.4, 0.5) is 11.6 Å². The lowest BCUT2D eigenvalue weighted by molar-refractivity contribution is 0.0672. The minimum atomic E-state index is 0.0341. The molecule has 1 N–H and O–H groups in total. The van der Waals surface area contributed by atoms with Crippen molar-refractivity contribution in [1.29, 1.82) is 0 Å². The minimum Gasteiger partial charge on any atom is -0.338 e. The predicted octanol–water partition coefficient (Wildman–Crippen LogP) is 3.11. The summed E-state index contributed by atoms with van der Waals surface area (Å²) in [5.41, 5.74) is 1.81. The number of carbonyl (C=O) groups is 1. The van der Waals surface area contributed by atoms with Gasteiger partial charge in [-0.3, -0.25) is 4.79 Å². The maximum atomic E-state index is 12.7. The van der Waals surface area contributed by atoms with Gasteiger partial charge in [-0.05, 0) is 61.1 Å². The Hall–Kier alpha value is -3.35. The lowest BCUT2D eigenvalue weighted by Gasteiger charge is -2.33. The summed E-state index contributed by atoms with van der Waals surface area (Å²) in [6.45, 7) is 1.55. The maximum Gasteiger partial charge on any atom is 0.255 e. The first-order valence-corrected chi connectivity index (χ1v) is 9.47. The van der Waals surface area contributed by atoms with Gasteiger partial charge in [0.15, 0.2) is 0 Å². The summed E-state index contributed by atoms with van der Waals surface area (Å²) in [6.07, 6.45) is 9.69. The number of nitrogens with zero attached hydrogens (tertiary/aromatic N) is 5. The normalized spacial score (nSPS) is 16.6. The van der Waals surface area contributed by atoms with E-state index in [1.165, 1.54) is 11.8 Å². The molecule has 1 fully saturated rings. The molecule has 0 saturated carbocycles. The molecule has 1 saturated heterocycles. The van der Waals surface area contributed by atoms with Gasteiger partial charge in [-0.1, -0.05) is 6.07 Å². The van der Waals surface area contributed by atoms with Crippen LogP contribution in [0.1, 0.15) is 28.8 Å². The molecule has 0 bridgehead atoms. The molecule has 4 rings (SSSR count). The summed E-state index contributed by atoms with van der Waals surface area (Å²) in [7, 11) is 0. The largest absolute Gasteiger partial charge is 0.338 e. The SMILES string of the molecule is O=C(c1ccnnc1)N1CCCC(Cc2ccnc(Nc3ccccn3)c2)C1. The van der Waals surface area contributed by atoms with E-state index in [0.29, 0.717) is 11.5 Å². The van der Waals surface area contributed by atoms with Crippen LogP contribution in [0.3, 0.4) is 0 Å². The Morgan fingerprint density at radius 1 is 1.07 bits per heavy atom. The molecular formula is C21H22N6O. The van der Waals surface area contributed by atoms with Gasteiger partial charge in [0.2, 0.25) is 0 Å². The monoisotopic (exact) mass is 374 g/mol. The Bertz CT molecular complexity index is 918. The van der Waals surface area contributed by atoms with Crippen LogP contribution in [0.15, 0.2) is 61.2 Å². The lowest BCUT2D eigenvalue weighted by atomic mass is 9.91. The number of piperidine rings is 1. The molecule has 1 aliphatic rings. The third-order valence-corrected chi connectivity index (χ3v) is 4.91. The molecule has 4 heterocycles. The maximum absolute atomic E-state index is 12.7.